The van der Waals surface area contributed by atoms with Crippen LogP contribution in [-0.4, -0.2) is 22.1 Å². The van der Waals surface area contributed by atoms with Crippen molar-refractivity contribution in [2.24, 2.45) is 7.05 Å². The van der Waals surface area contributed by atoms with Gasteiger partial charge < -0.3 is 14.6 Å². The van der Waals surface area contributed by atoms with Gasteiger partial charge >= 0.3 is 0 Å². The number of carbonyl (C=O) groups is 1. The molecular formula is C18H25N3O2. The average Bonchev–Trinajstić information content (AvgIpc) is 2.93. The van der Waals surface area contributed by atoms with E-state index in [1.165, 1.54) is 5.56 Å². The predicted octanol–water partition coefficient (Wildman–Crippen LogP) is 2.90. The number of hydrogen-bond donors (Lipinski definition) is 1. The molecular weight excluding hydrogens is 290 g/mol. The summed E-state index contributed by atoms with van der Waals surface area (Å²) < 4.78 is 7.69. The molecule has 0 fully saturated rings. The van der Waals surface area contributed by atoms with Crippen LogP contribution in [0.15, 0.2) is 30.6 Å². The van der Waals surface area contributed by atoms with E-state index in [0.717, 1.165) is 30.0 Å². The van der Waals surface area contributed by atoms with Crippen LogP contribution in [-0.2, 0) is 18.4 Å². The molecule has 2 rings (SSSR count). The van der Waals surface area contributed by atoms with Crippen molar-refractivity contribution >= 4 is 5.91 Å². The van der Waals surface area contributed by atoms with Crippen molar-refractivity contribution < 1.29 is 9.53 Å². The number of benzene rings is 1. The first kappa shape index (κ1) is 17.1. The number of aryl methyl sites for hydroxylation is 3. The number of rotatable bonds is 8. The number of nitrogens with one attached hydrogen (secondary N) is 1. The van der Waals surface area contributed by atoms with Crippen LogP contribution >= 0.6 is 0 Å². The number of ether oxygens (including phenoxy) is 1. The monoisotopic (exact) mass is 315 g/mol. The Kier molecular flexibility index (Phi) is 6.20. The molecule has 0 radical (unpaired) electrons. The average molecular weight is 315 g/mol. The molecule has 0 aliphatic rings. The van der Waals surface area contributed by atoms with Crippen LogP contribution in [0.1, 0.15) is 36.2 Å². The molecule has 0 unspecified atom stereocenters. The molecule has 0 saturated carbocycles. The molecule has 5 nitrogen and oxygen atoms in total. The number of imidazole rings is 1. The lowest BCUT2D eigenvalue weighted by atomic mass is 10.1. The van der Waals surface area contributed by atoms with Gasteiger partial charge in [-0.15, -0.1) is 0 Å². The van der Waals surface area contributed by atoms with Crippen molar-refractivity contribution in [2.45, 2.75) is 39.7 Å². The Morgan fingerprint density at radius 1 is 1.30 bits per heavy atom. The van der Waals surface area contributed by atoms with Gasteiger partial charge in [-0.25, -0.2) is 4.98 Å². The van der Waals surface area contributed by atoms with Crippen molar-refractivity contribution in [3.8, 4) is 5.75 Å². The topological polar surface area (TPSA) is 56.1 Å². The van der Waals surface area contributed by atoms with Crippen molar-refractivity contribution in [1.29, 1.82) is 0 Å². The van der Waals surface area contributed by atoms with E-state index in [9.17, 15) is 4.79 Å². The third kappa shape index (κ3) is 5.43. The summed E-state index contributed by atoms with van der Waals surface area (Å²) in [5.74, 6) is 1.85. The van der Waals surface area contributed by atoms with E-state index in [1.807, 2.05) is 24.7 Å². The van der Waals surface area contributed by atoms with Gasteiger partial charge in [0.15, 0.2) is 0 Å². The van der Waals surface area contributed by atoms with E-state index in [-0.39, 0.29) is 5.91 Å². The summed E-state index contributed by atoms with van der Waals surface area (Å²) in [5.41, 5.74) is 2.34. The summed E-state index contributed by atoms with van der Waals surface area (Å²) in [6.07, 6.45) is 5.79. The molecule has 1 aromatic carbocycles. The van der Waals surface area contributed by atoms with Gasteiger partial charge in [-0.3, -0.25) is 4.79 Å². The highest BCUT2D eigenvalue weighted by atomic mass is 16.5. The van der Waals surface area contributed by atoms with Gasteiger partial charge in [0.2, 0.25) is 5.91 Å². The standard InChI is InChI=1S/C18H25N3O2/c1-14-7-8-15(2)16(12-14)23-11-5-4-6-18(22)20-13-17-19-9-10-21(17)3/h7-10,12H,4-6,11,13H2,1-3H3,(H,20,22). The molecule has 0 aliphatic carbocycles. The molecule has 2 aromatic rings. The highest BCUT2D eigenvalue weighted by molar-refractivity contribution is 5.75. The molecule has 23 heavy (non-hydrogen) atoms. The van der Waals surface area contributed by atoms with Gasteiger partial charge in [0, 0.05) is 25.9 Å². The number of unbranched alkanes of at least 4 members (excludes halogenated alkanes) is 1. The van der Waals surface area contributed by atoms with E-state index in [4.69, 9.17) is 4.74 Å². The van der Waals surface area contributed by atoms with Crippen molar-refractivity contribution in [2.75, 3.05) is 6.61 Å². The lowest BCUT2D eigenvalue weighted by molar-refractivity contribution is -0.121. The molecule has 1 heterocycles. The van der Waals surface area contributed by atoms with Gasteiger partial charge in [-0.2, -0.15) is 0 Å². The van der Waals surface area contributed by atoms with Gasteiger partial charge in [0.1, 0.15) is 11.6 Å². The second-order valence-electron chi connectivity index (χ2n) is 5.81. The Morgan fingerprint density at radius 2 is 2.13 bits per heavy atom. The Morgan fingerprint density at radius 3 is 2.87 bits per heavy atom. The molecule has 5 heteroatoms. The maximum absolute atomic E-state index is 11.8. The Bertz CT molecular complexity index is 649. The van der Waals surface area contributed by atoms with E-state index < -0.39 is 0 Å². The van der Waals surface area contributed by atoms with Crippen LogP contribution in [0.4, 0.5) is 0 Å². The van der Waals surface area contributed by atoms with Gasteiger partial charge in [0.05, 0.1) is 13.2 Å². The quantitative estimate of drug-likeness (QED) is 0.762. The summed E-state index contributed by atoms with van der Waals surface area (Å²) in [6, 6.07) is 6.19. The third-order valence-electron chi connectivity index (χ3n) is 3.76. The molecule has 1 N–H and O–H groups in total. The number of carbonyl (C=O) groups excluding carboxylic acids is 1. The Balaban J connectivity index is 1.60. The van der Waals surface area contributed by atoms with Crippen LogP contribution in [0.5, 0.6) is 5.75 Å². The molecule has 0 bridgehead atoms. The van der Waals surface area contributed by atoms with Crippen LogP contribution in [0.2, 0.25) is 0 Å². The second kappa shape index (κ2) is 8.36. The lowest BCUT2D eigenvalue weighted by Crippen LogP contribution is -2.24. The van der Waals surface area contributed by atoms with Crippen molar-refractivity contribution in [1.82, 2.24) is 14.9 Å². The molecule has 0 saturated heterocycles. The Hall–Kier alpha value is -2.30. The smallest absolute Gasteiger partial charge is 0.220 e. The minimum atomic E-state index is 0.0553. The first-order chi connectivity index (χ1) is 11.1. The van der Waals surface area contributed by atoms with Crippen LogP contribution in [0.25, 0.3) is 0 Å². The summed E-state index contributed by atoms with van der Waals surface area (Å²) in [5, 5.41) is 2.89. The highest BCUT2D eigenvalue weighted by Gasteiger charge is 2.04. The third-order valence-corrected chi connectivity index (χ3v) is 3.76. The van der Waals surface area contributed by atoms with Crippen LogP contribution in [0, 0.1) is 13.8 Å². The van der Waals surface area contributed by atoms with Crippen molar-refractivity contribution in [3.63, 3.8) is 0 Å². The van der Waals surface area contributed by atoms with Gasteiger partial charge in [-0.1, -0.05) is 12.1 Å². The summed E-state index contributed by atoms with van der Waals surface area (Å²) in [6.45, 7) is 5.20. The highest BCUT2D eigenvalue weighted by Crippen LogP contribution is 2.19. The summed E-state index contributed by atoms with van der Waals surface area (Å²) >= 11 is 0. The number of amides is 1. The fraction of sp³-hybridized carbons (Fsp3) is 0.444. The number of nitrogens with zero attached hydrogens (tertiary/aromatic N) is 2. The summed E-state index contributed by atoms with van der Waals surface area (Å²) in [4.78, 5) is 16.0. The SMILES string of the molecule is Cc1ccc(C)c(OCCCCC(=O)NCc2nccn2C)c1. The normalized spacial score (nSPS) is 10.6. The largest absolute Gasteiger partial charge is 0.493 e. The number of hydrogen-bond acceptors (Lipinski definition) is 3. The first-order valence-corrected chi connectivity index (χ1v) is 7.99. The minimum Gasteiger partial charge on any atom is -0.493 e. The zero-order valence-electron chi connectivity index (χ0n) is 14.1. The molecule has 1 amide bonds. The van der Waals surface area contributed by atoms with E-state index in [2.05, 4.69) is 35.4 Å². The zero-order valence-corrected chi connectivity index (χ0v) is 14.1. The Labute approximate surface area is 137 Å². The fourth-order valence-corrected chi connectivity index (χ4v) is 2.27. The second-order valence-corrected chi connectivity index (χ2v) is 5.81. The van der Waals surface area contributed by atoms with Gasteiger partial charge in [-0.05, 0) is 43.9 Å². The summed E-state index contributed by atoms with van der Waals surface area (Å²) in [7, 11) is 1.92. The van der Waals surface area contributed by atoms with Crippen molar-refractivity contribution in [3.05, 3.63) is 47.5 Å². The maximum atomic E-state index is 11.8. The predicted molar refractivity (Wildman–Crippen MR) is 90.3 cm³/mol. The maximum Gasteiger partial charge on any atom is 0.220 e. The van der Waals surface area contributed by atoms with E-state index in [0.29, 0.717) is 19.6 Å². The fourth-order valence-electron chi connectivity index (χ4n) is 2.27. The molecule has 1 aromatic heterocycles. The van der Waals surface area contributed by atoms with Crippen LogP contribution < -0.4 is 10.1 Å². The minimum absolute atomic E-state index is 0.0553. The first-order valence-electron chi connectivity index (χ1n) is 7.99. The lowest BCUT2D eigenvalue weighted by Gasteiger charge is -2.10. The van der Waals surface area contributed by atoms with Crippen LogP contribution in [0.3, 0.4) is 0 Å². The van der Waals surface area contributed by atoms with Gasteiger partial charge in [0.25, 0.3) is 0 Å². The molecule has 0 spiro atoms. The molecule has 124 valence electrons. The molecule has 0 atom stereocenters. The molecule has 0 aliphatic heterocycles. The zero-order chi connectivity index (χ0) is 16.7. The van der Waals surface area contributed by atoms with E-state index in [1.54, 1.807) is 6.20 Å². The van der Waals surface area contributed by atoms with E-state index >= 15 is 0 Å². The number of aromatic nitrogens is 2.